The topological polar surface area (TPSA) is 74.4 Å². The molecule has 1 saturated heterocycles. The number of para-hydroxylation sites is 1. The normalized spacial score (nSPS) is 16.8. The van der Waals surface area contributed by atoms with Crippen LogP contribution in [0.25, 0.3) is 10.9 Å². The molecule has 0 spiro atoms. The van der Waals surface area contributed by atoms with Gasteiger partial charge in [0.05, 0.1) is 18.8 Å². The molecule has 0 bridgehead atoms. The van der Waals surface area contributed by atoms with Crippen molar-refractivity contribution in [2.75, 3.05) is 25.5 Å². The first-order valence-electron chi connectivity index (χ1n) is 8.35. The molecule has 24 heavy (non-hydrogen) atoms. The summed E-state index contributed by atoms with van der Waals surface area (Å²) in [7, 11) is 1.33. The molecule has 6 heteroatoms. The number of amides is 1. The fraction of sp³-hybridized carbons (Fsp3) is 0.444. The minimum atomic E-state index is -0.493. The summed E-state index contributed by atoms with van der Waals surface area (Å²) < 4.78 is 4.83. The van der Waals surface area contributed by atoms with E-state index in [2.05, 4.69) is 15.2 Å². The lowest BCUT2D eigenvalue weighted by molar-refractivity contribution is -0.121. The van der Waals surface area contributed by atoms with E-state index in [1.54, 1.807) is 0 Å². The summed E-state index contributed by atoms with van der Waals surface area (Å²) in [5.74, 6) is -0.598. The van der Waals surface area contributed by atoms with Crippen molar-refractivity contribution in [2.45, 2.75) is 32.2 Å². The Morgan fingerprint density at radius 2 is 1.92 bits per heavy atom. The largest absolute Gasteiger partial charge is 0.464 e. The van der Waals surface area contributed by atoms with E-state index < -0.39 is 5.97 Å². The van der Waals surface area contributed by atoms with Gasteiger partial charge in [-0.2, -0.15) is 0 Å². The van der Waals surface area contributed by atoms with Crippen LogP contribution in [-0.2, 0) is 9.53 Å². The first-order chi connectivity index (χ1) is 11.6. The Hall–Kier alpha value is -2.34. The van der Waals surface area contributed by atoms with E-state index in [1.807, 2.05) is 31.2 Å². The molecule has 2 heterocycles. The number of aromatic amines is 1. The number of nitrogens with one attached hydrogen (secondary N) is 2. The van der Waals surface area contributed by atoms with Gasteiger partial charge in [-0.15, -0.1) is 0 Å². The molecule has 6 nitrogen and oxygen atoms in total. The summed E-state index contributed by atoms with van der Waals surface area (Å²) in [5.41, 5.74) is 1.56. The lowest BCUT2D eigenvalue weighted by atomic mass is 10.1. The van der Waals surface area contributed by atoms with Crippen molar-refractivity contribution in [3.63, 3.8) is 0 Å². The third-order valence-electron chi connectivity index (χ3n) is 4.66. The summed E-state index contributed by atoms with van der Waals surface area (Å²) in [4.78, 5) is 30.0. The van der Waals surface area contributed by atoms with Crippen LogP contribution in [0, 0.1) is 0 Å². The van der Waals surface area contributed by atoms with Crippen molar-refractivity contribution in [1.82, 2.24) is 9.88 Å². The van der Waals surface area contributed by atoms with Gasteiger partial charge in [0.1, 0.15) is 5.69 Å². The number of esters is 1. The zero-order valence-corrected chi connectivity index (χ0v) is 14.1. The first-order valence-corrected chi connectivity index (χ1v) is 8.35. The molecule has 1 aromatic carbocycles. The molecule has 1 aliphatic heterocycles. The van der Waals surface area contributed by atoms with Gasteiger partial charge in [0.15, 0.2) is 0 Å². The van der Waals surface area contributed by atoms with Crippen LogP contribution in [0.15, 0.2) is 24.3 Å². The zero-order valence-electron chi connectivity index (χ0n) is 14.1. The quantitative estimate of drug-likeness (QED) is 0.846. The van der Waals surface area contributed by atoms with Crippen LogP contribution in [0.5, 0.6) is 0 Å². The van der Waals surface area contributed by atoms with Crippen LogP contribution in [0.4, 0.5) is 5.69 Å². The van der Waals surface area contributed by atoms with E-state index >= 15 is 0 Å². The van der Waals surface area contributed by atoms with Gasteiger partial charge in [0, 0.05) is 10.9 Å². The van der Waals surface area contributed by atoms with Crippen molar-refractivity contribution in [1.29, 1.82) is 0 Å². The number of carbonyl (C=O) groups is 2. The van der Waals surface area contributed by atoms with Gasteiger partial charge in [-0.05, 0) is 38.9 Å². The number of hydrogen-bond donors (Lipinski definition) is 2. The van der Waals surface area contributed by atoms with Crippen LogP contribution >= 0.6 is 0 Å². The molecule has 0 unspecified atom stereocenters. The van der Waals surface area contributed by atoms with E-state index in [9.17, 15) is 9.59 Å². The third-order valence-corrected chi connectivity index (χ3v) is 4.66. The summed E-state index contributed by atoms with van der Waals surface area (Å²) in [5, 5.41) is 3.74. The van der Waals surface area contributed by atoms with Crippen LogP contribution in [0.2, 0.25) is 0 Å². The van der Waals surface area contributed by atoms with Crippen molar-refractivity contribution in [3.05, 3.63) is 30.0 Å². The SMILES string of the molecule is COC(=O)c1[nH]c2ccccc2c1NC(=O)[C@@H](C)N1CCCCC1. The highest BCUT2D eigenvalue weighted by atomic mass is 16.5. The molecule has 128 valence electrons. The van der Waals surface area contributed by atoms with Crippen molar-refractivity contribution >= 4 is 28.5 Å². The summed E-state index contributed by atoms with van der Waals surface area (Å²) >= 11 is 0. The highest BCUT2D eigenvalue weighted by Gasteiger charge is 2.26. The third kappa shape index (κ3) is 3.14. The molecule has 1 atom stereocenters. The van der Waals surface area contributed by atoms with E-state index in [1.165, 1.54) is 13.5 Å². The Kier molecular flexibility index (Phi) is 4.85. The van der Waals surface area contributed by atoms with E-state index in [4.69, 9.17) is 4.74 Å². The number of fused-ring (bicyclic) bond motifs is 1. The molecular weight excluding hydrogens is 306 g/mol. The predicted octanol–water partition coefficient (Wildman–Crippen LogP) is 2.77. The Bertz CT molecular complexity index is 747. The van der Waals surface area contributed by atoms with Gasteiger partial charge in [-0.3, -0.25) is 9.69 Å². The number of anilines is 1. The second-order valence-electron chi connectivity index (χ2n) is 6.17. The number of likely N-dealkylation sites (tertiary alicyclic amines) is 1. The molecule has 2 aromatic rings. The number of rotatable bonds is 4. The number of methoxy groups -OCH3 is 1. The van der Waals surface area contributed by atoms with Gasteiger partial charge in [-0.1, -0.05) is 24.6 Å². The zero-order chi connectivity index (χ0) is 17.1. The molecule has 3 rings (SSSR count). The van der Waals surface area contributed by atoms with Crippen molar-refractivity contribution in [2.24, 2.45) is 0 Å². The second-order valence-corrected chi connectivity index (χ2v) is 6.17. The molecule has 0 saturated carbocycles. The monoisotopic (exact) mass is 329 g/mol. The average Bonchev–Trinajstić information content (AvgIpc) is 2.99. The maximum atomic E-state index is 12.7. The van der Waals surface area contributed by atoms with Gasteiger partial charge in [0.25, 0.3) is 0 Å². The first kappa shape index (κ1) is 16.5. The van der Waals surface area contributed by atoms with E-state index in [0.717, 1.165) is 36.8 Å². The van der Waals surface area contributed by atoms with Crippen molar-refractivity contribution in [3.8, 4) is 0 Å². The van der Waals surface area contributed by atoms with Gasteiger partial charge >= 0.3 is 5.97 Å². The molecule has 1 aliphatic rings. The number of benzene rings is 1. The molecular formula is C18H23N3O3. The summed E-state index contributed by atoms with van der Waals surface area (Å²) in [6.07, 6.45) is 3.47. The Morgan fingerprint density at radius 3 is 2.62 bits per heavy atom. The van der Waals surface area contributed by atoms with Gasteiger partial charge < -0.3 is 15.0 Å². The fourth-order valence-corrected chi connectivity index (χ4v) is 3.23. The van der Waals surface area contributed by atoms with Gasteiger partial charge in [-0.25, -0.2) is 4.79 Å². The number of piperidine rings is 1. The smallest absolute Gasteiger partial charge is 0.356 e. The van der Waals surface area contributed by atoms with E-state index in [0.29, 0.717) is 5.69 Å². The van der Waals surface area contributed by atoms with Crippen LogP contribution < -0.4 is 5.32 Å². The maximum Gasteiger partial charge on any atom is 0.356 e. The lowest BCUT2D eigenvalue weighted by Crippen LogP contribution is -2.44. The Morgan fingerprint density at radius 1 is 1.21 bits per heavy atom. The fourth-order valence-electron chi connectivity index (χ4n) is 3.23. The number of H-pyrrole nitrogens is 1. The highest BCUT2D eigenvalue weighted by molar-refractivity contribution is 6.11. The van der Waals surface area contributed by atoms with Crippen LogP contribution in [0.1, 0.15) is 36.7 Å². The number of ether oxygens (including phenoxy) is 1. The molecule has 1 aromatic heterocycles. The predicted molar refractivity (Wildman–Crippen MR) is 93.2 cm³/mol. The lowest BCUT2D eigenvalue weighted by Gasteiger charge is -2.31. The Balaban J connectivity index is 1.87. The van der Waals surface area contributed by atoms with Crippen LogP contribution in [0.3, 0.4) is 0 Å². The number of hydrogen-bond acceptors (Lipinski definition) is 4. The molecule has 1 amide bonds. The van der Waals surface area contributed by atoms with E-state index in [-0.39, 0.29) is 17.6 Å². The average molecular weight is 329 g/mol. The maximum absolute atomic E-state index is 12.7. The summed E-state index contributed by atoms with van der Waals surface area (Å²) in [6.45, 7) is 3.78. The molecule has 0 aliphatic carbocycles. The second kappa shape index (κ2) is 7.05. The van der Waals surface area contributed by atoms with Crippen molar-refractivity contribution < 1.29 is 14.3 Å². The van der Waals surface area contributed by atoms with Crippen LogP contribution in [-0.4, -0.2) is 48.0 Å². The number of nitrogens with zero attached hydrogens (tertiary/aromatic N) is 1. The minimum Gasteiger partial charge on any atom is -0.464 e. The highest BCUT2D eigenvalue weighted by Crippen LogP contribution is 2.28. The number of aromatic nitrogens is 1. The molecule has 0 radical (unpaired) electrons. The Labute approximate surface area is 141 Å². The van der Waals surface area contributed by atoms with Gasteiger partial charge in [0.2, 0.25) is 5.91 Å². The molecule has 2 N–H and O–H groups in total. The standard InChI is InChI=1S/C18H23N3O3/c1-12(21-10-6-3-7-11-21)17(22)20-15-13-8-4-5-9-14(13)19-16(15)18(23)24-2/h4-5,8-9,12,19H,3,6-7,10-11H2,1-2H3,(H,20,22)/t12-/m1/s1. The minimum absolute atomic E-state index is 0.105. The number of carbonyl (C=O) groups excluding carboxylic acids is 2. The summed E-state index contributed by atoms with van der Waals surface area (Å²) in [6, 6.07) is 7.26. The molecule has 1 fully saturated rings.